The van der Waals surface area contributed by atoms with Crippen molar-refractivity contribution in [3.8, 4) is 0 Å². The SMILES string of the molecule is CCNCc1nn2c(CC)nnc2s1. The number of nitrogens with one attached hydrogen (secondary N) is 1. The van der Waals surface area contributed by atoms with Crippen LogP contribution in [-0.4, -0.2) is 26.4 Å². The first-order chi connectivity index (χ1) is 6.85. The Morgan fingerprint density at radius 1 is 1.36 bits per heavy atom. The second-order valence-corrected chi connectivity index (χ2v) is 3.98. The van der Waals surface area contributed by atoms with E-state index in [-0.39, 0.29) is 0 Å². The average molecular weight is 211 g/mol. The lowest BCUT2D eigenvalue weighted by atomic mass is 10.5. The van der Waals surface area contributed by atoms with Gasteiger partial charge in [0.15, 0.2) is 5.82 Å². The Hall–Kier alpha value is -1.01. The molecule has 0 saturated heterocycles. The van der Waals surface area contributed by atoms with Gasteiger partial charge >= 0.3 is 0 Å². The molecular formula is C8H13N5S. The second kappa shape index (κ2) is 4.02. The fourth-order valence-corrected chi connectivity index (χ4v) is 2.04. The largest absolute Gasteiger partial charge is 0.311 e. The molecule has 6 heteroatoms. The maximum Gasteiger partial charge on any atom is 0.234 e. The first kappa shape index (κ1) is 9.54. The predicted octanol–water partition coefficient (Wildman–Crippen LogP) is 0.858. The summed E-state index contributed by atoms with van der Waals surface area (Å²) in [6.45, 7) is 5.91. The van der Waals surface area contributed by atoms with Crippen LogP contribution in [0.3, 0.4) is 0 Å². The van der Waals surface area contributed by atoms with Crippen molar-refractivity contribution >= 4 is 16.3 Å². The maximum absolute atomic E-state index is 4.43. The molecule has 76 valence electrons. The van der Waals surface area contributed by atoms with Crippen LogP contribution in [-0.2, 0) is 13.0 Å². The van der Waals surface area contributed by atoms with Crippen LogP contribution in [0.4, 0.5) is 0 Å². The minimum atomic E-state index is 0.813. The number of nitrogens with zero attached hydrogens (tertiary/aromatic N) is 4. The van der Waals surface area contributed by atoms with Gasteiger partial charge in [-0.25, -0.2) is 0 Å². The molecule has 2 heterocycles. The molecule has 1 N–H and O–H groups in total. The molecule has 0 aliphatic heterocycles. The molecule has 14 heavy (non-hydrogen) atoms. The van der Waals surface area contributed by atoms with Gasteiger partial charge in [-0.2, -0.15) is 9.61 Å². The van der Waals surface area contributed by atoms with Gasteiger partial charge in [-0.05, 0) is 6.54 Å². The molecular weight excluding hydrogens is 198 g/mol. The number of aromatic nitrogens is 4. The molecule has 0 bridgehead atoms. The van der Waals surface area contributed by atoms with E-state index in [9.17, 15) is 0 Å². The van der Waals surface area contributed by atoms with E-state index in [4.69, 9.17) is 0 Å². The highest BCUT2D eigenvalue weighted by molar-refractivity contribution is 7.16. The van der Waals surface area contributed by atoms with Crippen LogP contribution >= 0.6 is 11.3 Å². The molecule has 0 saturated carbocycles. The Morgan fingerprint density at radius 2 is 2.21 bits per heavy atom. The topological polar surface area (TPSA) is 55.1 Å². The summed E-state index contributed by atoms with van der Waals surface area (Å²) in [4.78, 5) is 0.884. The summed E-state index contributed by atoms with van der Waals surface area (Å²) >= 11 is 1.59. The van der Waals surface area contributed by atoms with Gasteiger partial charge in [0.2, 0.25) is 4.96 Å². The van der Waals surface area contributed by atoms with Gasteiger partial charge in [0.1, 0.15) is 5.01 Å². The standard InChI is InChI=1S/C8H13N5S/c1-3-6-10-11-8-13(6)12-7(14-8)5-9-4-2/h9H,3-5H2,1-2H3. The van der Waals surface area contributed by atoms with Gasteiger partial charge in [-0.1, -0.05) is 25.2 Å². The van der Waals surface area contributed by atoms with Crippen LogP contribution < -0.4 is 5.32 Å². The van der Waals surface area contributed by atoms with Crippen molar-refractivity contribution in [1.82, 2.24) is 25.1 Å². The fraction of sp³-hybridized carbons (Fsp3) is 0.625. The molecule has 0 unspecified atom stereocenters. The lowest BCUT2D eigenvalue weighted by molar-refractivity contribution is 0.702. The Bertz CT molecular complexity index is 418. The van der Waals surface area contributed by atoms with Crippen LogP contribution in [0.25, 0.3) is 4.96 Å². The minimum Gasteiger partial charge on any atom is -0.311 e. The molecule has 0 amide bonds. The lowest BCUT2D eigenvalue weighted by Gasteiger charge is -1.94. The number of hydrogen-bond donors (Lipinski definition) is 1. The summed E-state index contributed by atoms with van der Waals surface area (Å²) in [5.74, 6) is 0.930. The molecule has 0 aromatic carbocycles. The highest BCUT2D eigenvalue weighted by Crippen LogP contribution is 2.13. The summed E-state index contributed by atoms with van der Waals surface area (Å²) < 4.78 is 1.83. The van der Waals surface area contributed by atoms with Crippen molar-refractivity contribution in [2.75, 3.05) is 6.54 Å². The van der Waals surface area contributed by atoms with Crippen molar-refractivity contribution in [3.05, 3.63) is 10.8 Å². The summed E-state index contributed by atoms with van der Waals surface area (Å²) in [6, 6.07) is 0. The van der Waals surface area contributed by atoms with Gasteiger partial charge in [-0.15, -0.1) is 10.2 Å². The number of rotatable bonds is 4. The Balaban J connectivity index is 2.28. The molecule has 0 spiro atoms. The molecule has 0 radical (unpaired) electrons. The monoisotopic (exact) mass is 211 g/mol. The van der Waals surface area contributed by atoms with Crippen molar-refractivity contribution in [2.24, 2.45) is 0 Å². The summed E-state index contributed by atoms with van der Waals surface area (Å²) in [5, 5.41) is 16.8. The Kier molecular flexibility index (Phi) is 2.74. The van der Waals surface area contributed by atoms with E-state index in [0.29, 0.717) is 0 Å². The molecule has 0 aliphatic carbocycles. The zero-order valence-corrected chi connectivity index (χ0v) is 9.13. The zero-order valence-electron chi connectivity index (χ0n) is 8.32. The molecule has 0 fully saturated rings. The Morgan fingerprint density at radius 3 is 2.93 bits per heavy atom. The predicted molar refractivity (Wildman–Crippen MR) is 55.4 cm³/mol. The van der Waals surface area contributed by atoms with Crippen LogP contribution in [0.1, 0.15) is 24.7 Å². The smallest absolute Gasteiger partial charge is 0.234 e. The summed E-state index contributed by atoms with van der Waals surface area (Å²) in [7, 11) is 0. The fourth-order valence-electron chi connectivity index (χ4n) is 1.22. The van der Waals surface area contributed by atoms with Crippen molar-refractivity contribution < 1.29 is 0 Å². The van der Waals surface area contributed by atoms with E-state index < -0.39 is 0 Å². The summed E-state index contributed by atoms with van der Waals surface area (Å²) in [6.07, 6.45) is 0.867. The van der Waals surface area contributed by atoms with E-state index in [1.165, 1.54) is 0 Å². The van der Waals surface area contributed by atoms with E-state index >= 15 is 0 Å². The van der Waals surface area contributed by atoms with Crippen LogP contribution in [0, 0.1) is 0 Å². The molecule has 0 aliphatic rings. The highest BCUT2D eigenvalue weighted by atomic mass is 32.1. The normalized spacial score (nSPS) is 11.3. The van der Waals surface area contributed by atoms with E-state index in [1.54, 1.807) is 11.3 Å². The lowest BCUT2D eigenvalue weighted by Crippen LogP contribution is -2.11. The summed E-state index contributed by atoms with van der Waals surface area (Å²) in [5.41, 5.74) is 0. The molecule has 5 nitrogen and oxygen atoms in total. The van der Waals surface area contributed by atoms with Gasteiger partial charge in [0.05, 0.1) is 0 Å². The maximum atomic E-state index is 4.43. The van der Waals surface area contributed by atoms with E-state index in [1.807, 2.05) is 4.52 Å². The number of hydrogen-bond acceptors (Lipinski definition) is 5. The minimum absolute atomic E-state index is 0.813. The van der Waals surface area contributed by atoms with E-state index in [0.717, 1.165) is 35.3 Å². The first-order valence-corrected chi connectivity index (χ1v) is 5.57. The van der Waals surface area contributed by atoms with Crippen LogP contribution in [0.2, 0.25) is 0 Å². The average Bonchev–Trinajstić information content (AvgIpc) is 2.73. The zero-order chi connectivity index (χ0) is 9.97. The third-order valence-electron chi connectivity index (χ3n) is 1.94. The first-order valence-electron chi connectivity index (χ1n) is 4.75. The van der Waals surface area contributed by atoms with Gasteiger partial charge in [0, 0.05) is 13.0 Å². The van der Waals surface area contributed by atoms with Crippen molar-refractivity contribution in [1.29, 1.82) is 0 Å². The van der Waals surface area contributed by atoms with Gasteiger partial charge in [-0.3, -0.25) is 0 Å². The molecule has 2 rings (SSSR count). The second-order valence-electron chi connectivity index (χ2n) is 2.94. The van der Waals surface area contributed by atoms with Gasteiger partial charge in [0.25, 0.3) is 0 Å². The number of fused-ring (bicyclic) bond motifs is 1. The third kappa shape index (κ3) is 1.62. The highest BCUT2D eigenvalue weighted by Gasteiger charge is 2.09. The quantitative estimate of drug-likeness (QED) is 0.815. The van der Waals surface area contributed by atoms with Crippen LogP contribution in [0.5, 0.6) is 0 Å². The molecule has 2 aromatic heterocycles. The third-order valence-corrected chi connectivity index (χ3v) is 2.84. The van der Waals surface area contributed by atoms with Gasteiger partial charge < -0.3 is 5.32 Å². The van der Waals surface area contributed by atoms with Crippen LogP contribution in [0.15, 0.2) is 0 Å². The van der Waals surface area contributed by atoms with E-state index in [2.05, 4.69) is 34.5 Å². The Labute approximate surface area is 86.2 Å². The van der Waals surface area contributed by atoms with Crippen molar-refractivity contribution in [2.45, 2.75) is 26.8 Å². The number of aryl methyl sites for hydroxylation is 1. The molecule has 0 atom stereocenters. The van der Waals surface area contributed by atoms with Crippen molar-refractivity contribution in [3.63, 3.8) is 0 Å². The molecule has 2 aromatic rings.